The van der Waals surface area contributed by atoms with Crippen LogP contribution in [0, 0.1) is 23.7 Å². The quantitative estimate of drug-likeness (QED) is 0.591. The maximum absolute atomic E-state index is 12.9. The number of benzene rings is 1. The van der Waals surface area contributed by atoms with Crippen molar-refractivity contribution in [2.45, 2.75) is 12.8 Å². The fourth-order valence-electron chi connectivity index (χ4n) is 4.36. The molecular formula is C18H15NO4. The molecule has 2 bridgehead atoms. The highest BCUT2D eigenvalue weighted by molar-refractivity contribution is 6.22. The Morgan fingerprint density at radius 2 is 1.48 bits per heavy atom. The Morgan fingerprint density at radius 1 is 0.870 bits per heavy atom. The van der Waals surface area contributed by atoms with Gasteiger partial charge in [0.15, 0.2) is 11.5 Å². The van der Waals surface area contributed by atoms with Crippen molar-refractivity contribution >= 4 is 17.5 Å². The predicted molar refractivity (Wildman–Crippen MR) is 81.7 cm³/mol. The second-order valence-corrected chi connectivity index (χ2v) is 6.49. The van der Waals surface area contributed by atoms with Crippen LogP contribution in [0.3, 0.4) is 0 Å². The molecule has 0 spiro atoms. The molecule has 0 N–H and O–H groups in total. The molecule has 0 unspecified atom stereocenters. The summed E-state index contributed by atoms with van der Waals surface area (Å²) in [6.45, 7) is 0. The molecule has 5 nitrogen and oxygen atoms in total. The lowest BCUT2D eigenvalue weighted by Crippen LogP contribution is -2.38. The molecule has 1 aromatic carbocycles. The topological polar surface area (TPSA) is 55.8 Å². The molecule has 0 aromatic heterocycles. The van der Waals surface area contributed by atoms with Gasteiger partial charge >= 0.3 is 0 Å². The summed E-state index contributed by atoms with van der Waals surface area (Å²) in [5.74, 6) is 0.950. The molecule has 0 radical (unpaired) electrons. The number of anilines is 1. The Hall–Kier alpha value is -2.56. The summed E-state index contributed by atoms with van der Waals surface area (Å²) < 4.78 is 10.7. The monoisotopic (exact) mass is 309 g/mol. The van der Waals surface area contributed by atoms with Crippen LogP contribution in [0.5, 0.6) is 11.5 Å². The Bertz CT molecular complexity index is 749. The first kappa shape index (κ1) is 12.9. The molecule has 2 heterocycles. The smallest absolute Gasteiger partial charge is 0.238 e. The van der Waals surface area contributed by atoms with E-state index in [0.29, 0.717) is 17.2 Å². The zero-order valence-corrected chi connectivity index (χ0v) is 12.3. The summed E-state index contributed by atoms with van der Waals surface area (Å²) in [5.41, 5.74) is 0.562. The molecule has 4 atom stereocenters. The van der Waals surface area contributed by atoms with Crippen molar-refractivity contribution in [1.82, 2.24) is 0 Å². The van der Waals surface area contributed by atoms with E-state index in [0.717, 1.165) is 12.8 Å². The van der Waals surface area contributed by atoms with E-state index in [2.05, 4.69) is 12.2 Å². The number of allylic oxidation sites excluding steroid dienone is 2. The highest BCUT2D eigenvalue weighted by Crippen LogP contribution is 2.50. The van der Waals surface area contributed by atoms with Crippen molar-refractivity contribution < 1.29 is 19.1 Å². The third kappa shape index (κ3) is 1.67. The average molecular weight is 309 g/mol. The van der Waals surface area contributed by atoms with Crippen molar-refractivity contribution in [1.29, 1.82) is 0 Å². The molecule has 23 heavy (non-hydrogen) atoms. The predicted octanol–water partition coefficient (Wildman–Crippen LogP) is 2.63. The zero-order valence-electron chi connectivity index (χ0n) is 12.3. The number of imide groups is 1. The second kappa shape index (κ2) is 4.47. The number of carbonyl (C=O) groups is 2. The van der Waals surface area contributed by atoms with Crippen molar-refractivity contribution in [3.05, 3.63) is 42.9 Å². The van der Waals surface area contributed by atoms with Gasteiger partial charge in [-0.1, -0.05) is 12.2 Å². The van der Waals surface area contributed by atoms with E-state index in [1.807, 2.05) is 0 Å². The van der Waals surface area contributed by atoms with Gasteiger partial charge in [0.25, 0.3) is 0 Å². The van der Waals surface area contributed by atoms with Crippen LogP contribution in [0.25, 0.3) is 0 Å². The SMILES string of the molecule is O=C1[C@@H]2[C@H](C(=O)N1c1ccc3c(c1)OC=CO3)[C@@H]1C=C[C@H]2CC1. The third-order valence-electron chi connectivity index (χ3n) is 5.39. The first-order chi connectivity index (χ1) is 11.2. The van der Waals surface area contributed by atoms with Crippen LogP contribution in [-0.4, -0.2) is 11.8 Å². The number of hydrogen-bond acceptors (Lipinski definition) is 4. The molecule has 1 saturated heterocycles. The fraction of sp³-hybridized carbons (Fsp3) is 0.333. The first-order valence-electron chi connectivity index (χ1n) is 7.92. The van der Waals surface area contributed by atoms with Gasteiger partial charge in [0.1, 0.15) is 12.5 Å². The normalized spacial score (nSPS) is 33.3. The average Bonchev–Trinajstić information content (AvgIpc) is 2.89. The van der Waals surface area contributed by atoms with Crippen LogP contribution in [0.15, 0.2) is 42.9 Å². The minimum atomic E-state index is -0.195. The number of fused-ring (bicyclic) bond motifs is 2. The lowest BCUT2D eigenvalue weighted by molar-refractivity contribution is -0.124. The summed E-state index contributed by atoms with van der Waals surface area (Å²) in [5, 5.41) is 0. The molecule has 2 amide bonds. The Kier molecular flexibility index (Phi) is 2.52. The molecule has 5 heteroatoms. The number of nitrogens with zero attached hydrogens (tertiary/aromatic N) is 1. The standard InChI is InChI=1S/C18H15NO4/c20-17-15-10-1-2-11(4-3-10)16(15)18(21)19(17)12-5-6-13-14(9-12)23-8-7-22-13/h1-2,5-11,15-16H,3-4H2/t10-,11+,15-,16+. The van der Waals surface area contributed by atoms with E-state index < -0.39 is 0 Å². The first-order valence-corrected chi connectivity index (χ1v) is 7.92. The minimum absolute atomic E-state index is 0.0775. The second-order valence-electron chi connectivity index (χ2n) is 6.49. The van der Waals surface area contributed by atoms with Gasteiger partial charge in [-0.15, -0.1) is 0 Å². The van der Waals surface area contributed by atoms with Gasteiger partial charge in [0.2, 0.25) is 11.8 Å². The van der Waals surface area contributed by atoms with Gasteiger partial charge in [-0.3, -0.25) is 9.59 Å². The largest absolute Gasteiger partial charge is 0.458 e. The number of hydrogen-bond donors (Lipinski definition) is 0. The van der Waals surface area contributed by atoms with Crippen molar-refractivity contribution in [3.63, 3.8) is 0 Å². The molecular weight excluding hydrogens is 294 g/mol. The molecule has 1 aromatic rings. The number of rotatable bonds is 1. The van der Waals surface area contributed by atoms with Gasteiger partial charge in [-0.25, -0.2) is 4.90 Å². The maximum atomic E-state index is 12.9. The van der Waals surface area contributed by atoms with Crippen LogP contribution < -0.4 is 14.4 Å². The zero-order chi connectivity index (χ0) is 15.6. The van der Waals surface area contributed by atoms with Gasteiger partial charge in [-0.05, 0) is 36.8 Å². The molecule has 6 rings (SSSR count). The molecule has 5 aliphatic rings. The summed E-state index contributed by atoms with van der Waals surface area (Å²) in [7, 11) is 0. The van der Waals surface area contributed by atoms with Crippen molar-refractivity contribution in [3.8, 4) is 11.5 Å². The summed E-state index contributed by atoms with van der Waals surface area (Å²) >= 11 is 0. The molecule has 3 aliphatic carbocycles. The van der Waals surface area contributed by atoms with Crippen LogP contribution in [0.1, 0.15) is 12.8 Å². The summed E-state index contributed by atoms with van der Waals surface area (Å²) in [6, 6.07) is 5.16. The van der Waals surface area contributed by atoms with E-state index >= 15 is 0 Å². The molecule has 116 valence electrons. The van der Waals surface area contributed by atoms with Gasteiger partial charge in [0, 0.05) is 6.07 Å². The van der Waals surface area contributed by atoms with E-state index in [4.69, 9.17) is 9.47 Å². The molecule has 2 fully saturated rings. The molecule has 2 aliphatic heterocycles. The van der Waals surface area contributed by atoms with E-state index in [-0.39, 0.29) is 35.5 Å². The highest BCUT2D eigenvalue weighted by Gasteiger charge is 2.56. The number of ether oxygens (including phenoxy) is 2. The van der Waals surface area contributed by atoms with E-state index in [1.54, 1.807) is 18.2 Å². The van der Waals surface area contributed by atoms with E-state index in [9.17, 15) is 9.59 Å². The maximum Gasteiger partial charge on any atom is 0.238 e. The van der Waals surface area contributed by atoms with Crippen LogP contribution >= 0.6 is 0 Å². The van der Waals surface area contributed by atoms with Gasteiger partial charge in [0.05, 0.1) is 17.5 Å². The molecule has 1 saturated carbocycles. The van der Waals surface area contributed by atoms with Crippen LogP contribution in [-0.2, 0) is 9.59 Å². The number of amides is 2. The van der Waals surface area contributed by atoms with Crippen LogP contribution in [0.2, 0.25) is 0 Å². The van der Waals surface area contributed by atoms with Crippen LogP contribution in [0.4, 0.5) is 5.69 Å². The fourth-order valence-corrected chi connectivity index (χ4v) is 4.36. The van der Waals surface area contributed by atoms with Gasteiger partial charge in [-0.2, -0.15) is 0 Å². The Balaban J connectivity index is 1.55. The number of carbonyl (C=O) groups excluding carboxylic acids is 2. The minimum Gasteiger partial charge on any atom is -0.458 e. The van der Waals surface area contributed by atoms with Crippen molar-refractivity contribution in [2.24, 2.45) is 23.7 Å². The van der Waals surface area contributed by atoms with E-state index in [1.165, 1.54) is 17.4 Å². The summed E-state index contributed by atoms with van der Waals surface area (Å²) in [6.07, 6.45) is 9.13. The lowest BCUT2D eigenvalue weighted by atomic mass is 9.63. The third-order valence-corrected chi connectivity index (χ3v) is 5.39. The Morgan fingerprint density at radius 3 is 2.09 bits per heavy atom. The van der Waals surface area contributed by atoms with Gasteiger partial charge < -0.3 is 9.47 Å². The Labute approximate surface area is 133 Å². The highest BCUT2D eigenvalue weighted by atomic mass is 16.5. The lowest BCUT2D eigenvalue weighted by Gasteiger charge is -2.38. The van der Waals surface area contributed by atoms with Crippen molar-refractivity contribution in [2.75, 3.05) is 4.90 Å². The summed E-state index contributed by atoms with van der Waals surface area (Å²) in [4.78, 5) is 27.1.